The zero-order chi connectivity index (χ0) is 12.1. The van der Waals surface area contributed by atoms with Gasteiger partial charge in [0.15, 0.2) is 5.82 Å². The highest BCUT2D eigenvalue weighted by Gasteiger charge is 2.04. The van der Waals surface area contributed by atoms with Gasteiger partial charge in [-0.15, -0.1) is 0 Å². The number of nitrogens with zero attached hydrogens (tertiary/aromatic N) is 1. The Kier molecular flexibility index (Phi) is 3.40. The number of hydrogen-bond donors (Lipinski definition) is 2. The number of urea groups is 1. The zero-order valence-corrected chi connectivity index (χ0v) is 9.43. The van der Waals surface area contributed by atoms with Gasteiger partial charge in [0, 0.05) is 11.8 Å². The molecule has 0 unspecified atom stereocenters. The summed E-state index contributed by atoms with van der Waals surface area (Å²) in [5, 5.41) is 8.82. The van der Waals surface area contributed by atoms with E-state index in [1.165, 1.54) is 11.8 Å². The monoisotopic (exact) mass is 231 g/mol. The van der Waals surface area contributed by atoms with E-state index >= 15 is 0 Å². The number of nitrogens with one attached hydrogen (secondary N) is 2. The van der Waals surface area contributed by atoms with Gasteiger partial charge in [-0.3, -0.25) is 5.32 Å². The van der Waals surface area contributed by atoms with E-state index in [9.17, 15) is 4.79 Å². The third-order valence-electron chi connectivity index (χ3n) is 2.30. The van der Waals surface area contributed by atoms with Crippen LogP contribution in [0.3, 0.4) is 0 Å². The smallest absolute Gasteiger partial charge is 0.324 e. The Hall–Kier alpha value is -2.30. The van der Waals surface area contributed by atoms with Gasteiger partial charge in [0.25, 0.3) is 0 Å². The summed E-state index contributed by atoms with van der Waals surface area (Å²) >= 11 is 0. The molecule has 0 fully saturated rings. The van der Waals surface area contributed by atoms with Gasteiger partial charge in [-0.1, -0.05) is 24.2 Å². The molecule has 0 bridgehead atoms. The molecule has 88 valence electrons. The molecule has 5 heteroatoms. The maximum absolute atomic E-state index is 11.5. The summed E-state index contributed by atoms with van der Waals surface area (Å²) in [6.07, 6.45) is 2.37. The molecule has 0 radical (unpaired) electrons. The Bertz CT molecular complexity index is 477. The molecule has 2 N–H and O–H groups in total. The third kappa shape index (κ3) is 3.07. The van der Waals surface area contributed by atoms with Crippen molar-refractivity contribution in [2.75, 3.05) is 10.6 Å². The van der Waals surface area contributed by atoms with Crippen molar-refractivity contribution in [1.29, 1.82) is 0 Å². The van der Waals surface area contributed by atoms with Crippen molar-refractivity contribution in [3.8, 4) is 0 Å². The minimum Gasteiger partial charge on any atom is -0.363 e. The average molecular weight is 231 g/mol. The number of aryl methyl sites for hydroxylation is 1. The first-order valence-electron chi connectivity index (χ1n) is 5.35. The number of anilines is 2. The lowest BCUT2D eigenvalue weighted by Gasteiger charge is -2.05. The van der Waals surface area contributed by atoms with Crippen molar-refractivity contribution in [2.45, 2.75) is 13.3 Å². The fraction of sp³-hybridized carbons (Fsp3) is 0.167. The van der Waals surface area contributed by atoms with Crippen molar-refractivity contribution in [3.05, 3.63) is 42.2 Å². The zero-order valence-electron chi connectivity index (χ0n) is 9.43. The van der Waals surface area contributed by atoms with Gasteiger partial charge in [-0.25, -0.2) is 4.79 Å². The van der Waals surface area contributed by atoms with E-state index in [-0.39, 0.29) is 6.03 Å². The molecule has 0 atom stereocenters. The summed E-state index contributed by atoms with van der Waals surface area (Å²) in [4.78, 5) is 11.5. The lowest BCUT2D eigenvalue weighted by Crippen LogP contribution is -2.19. The highest BCUT2D eigenvalue weighted by atomic mass is 16.5. The van der Waals surface area contributed by atoms with Crippen LogP contribution in [0.1, 0.15) is 12.5 Å². The molecule has 2 aromatic rings. The van der Waals surface area contributed by atoms with E-state index in [4.69, 9.17) is 0 Å². The lowest BCUT2D eigenvalue weighted by molar-refractivity contribution is 0.262. The molecule has 1 aromatic carbocycles. The van der Waals surface area contributed by atoms with Crippen LogP contribution >= 0.6 is 0 Å². The molecule has 0 spiro atoms. The van der Waals surface area contributed by atoms with Gasteiger partial charge >= 0.3 is 6.03 Å². The standard InChI is InChI=1S/C12H13N3O2/c1-2-9-3-5-10(6-4-9)13-12(16)14-11-7-8-17-15-11/h3-8H,2H2,1H3,(H2,13,14,15,16). The molecule has 0 aliphatic rings. The van der Waals surface area contributed by atoms with Crippen LogP contribution in [0.4, 0.5) is 16.3 Å². The van der Waals surface area contributed by atoms with Crippen LogP contribution in [0.15, 0.2) is 41.1 Å². The number of aromatic nitrogens is 1. The van der Waals surface area contributed by atoms with Gasteiger partial charge in [-0.05, 0) is 24.1 Å². The van der Waals surface area contributed by atoms with Crippen molar-refractivity contribution in [2.24, 2.45) is 0 Å². The van der Waals surface area contributed by atoms with Crippen molar-refractivity contribution in [3.63, 3.8) is 0 Å². The predicted octanol–water partition coefficient (Wildman–Crippen LogP) is 2.88. The Balaban J connectivity index is 1.93. The van der Waals surface area contributed by atoms with E-state index in [1.54, 1.807) is 6.07 Å². The fourth-order valence-electron chi connectivity index (χ4n) is 1.38. The largest absolute Gasteiger partial charge is 0.363 e. The van der Waals surface area contributed by atoms with E-state index in [0.29, 0.717) is 5.82 Å². The highest BCUT2D eigenvalue weighted by molar-refractivity contribution is 5.99. The Morgan fingerprint density at radius 2 is 2.00 bits per heavy atom. The normalized spacial score (nSPS) is 9.94. The molecule has 0 aliphatic carbocycles. The fourth-order valence-corrected chi connectivity index (χ4v) is 1.38. The first kappa shape index (κ1) is 11.2. The van der Waals surface area contributed by atoms with Crippen LogP contribution in [0.5, 0.6) is 0 Å². The van der Waals surface area contributed by atoms with Crippen molar-refractivity contribution < 1.29 is 9.32 Å². The second kappa shape index (κ2) is 5.16. The molecule has 2 amide bonds. The van der Waals surface area contributed by atoms with Crippen LogP contribution in [-0.2, 0) is 6.42 Å². The molecule has 2 rings (SSSR count). The van der Waals surface area contributed by atoms with Crippen LogP contribution in [0.2, 0.25) is 0 Å². The second-order valence-electron chi connectivity index (χ2n) is 3.51. The number of rotatable bonds is 3. The maximum Gasteiger partial charge on any atom is 0.324 e. The first-order chi connectivity index (χ1) is 8.28. The number of carbonyl (C=O) groups excluding carboxylic acids is 1. The third-order valence-corrected chi connectivity index (χ3v) is 2.30. The maximum atomic E-state index is 11.5. The summed E-state index contributed by atoms with van der Waals surface area (Å²) in [6, 6.07) is 8.91. The lowest BCUT2D eigenvalue weighted by atomic mass is 10.1. The van der Waals surface area contributed by atoms with Crippen molar-refractivity contribution in [1.82, 2.24) is 5.16 Å². The summed E-state index contributed by atoms with van der Waals surface area (Å²) in [6.45, 7) is 2.08. The Morgan fingerprint density at radius 1 is 1.24 bits per heavy atom. The van der Waals surface area contributed by atoms with E-state index in [2.05, 4.69) is 27.2 Å². The number of amides is 2. The van der Waals surface area contributed by atoms with Gasteiger partial charge < -0.3 is 9.84 Å². The topological polar surface area (TPSA) is 67.2 Å². The van der Waals surface area contributed by atoms with Crippen molar-refractivity contribution >= 4 is 17.5 Å². The molecule has 0 saturated carbocycles. The quantitative estimate of drug-likeness (QED) is 0.853. The summed E-state index contributed by atoms with van der Waals surface area (Å²) in [5.41, 5.74) is 1.97. The molecule has 0 saturated heterocycles. The average Bonchev–Trinajstić information content (AvgIpc) is 2.82. The molecule has 0 aliphatic heterocycles. The Labute approximate surface area is 98.8 Å². The molecule has 1 heterocycles. The van der Waals surface area contributed by atoms with E-state index < -0.39 is 0 Å². The van der Waals surface area contributed by atoms with Gasteiger partial charge in [0.2, 0.25) is 0 Å². The Morgan fingerprint density at radius 3 is 2.59 bits per heavy atom. The summed E-state index contributed by atoms with van der Waals surface area (Å²) < 4.78 is 4.60. The minimum atomic E-state index is -0.344. The number of hydrogen-bond acceptors (Lipinski definition) is 3. The summed E-state index contributed by atoms with van der Waals surface area (Å²) in [5.74, 6) is 0.382. The van der Waals surface area contributed by atoms with E-state index in [1.807, 2.05) is 24.3 Å². The SMILES string of the molecule is CCc1ccc(NC(=O)Nc2ccon2)cc1. The van der Waals surface area contributed by atoms with E-state index in [0.717, 1.165) is 12.1 Å². The van der Waals surface area contributed by atoms with Crippen LogP contribution in [0.25, 0.3) is 0 Å². The molecule has 17 heavy (non-hydrogen) atoms. The molecule has 1 aromatic heterocycles. The summed E-state index contributed by atoms with van der Waals surface area (Å²) in [7, 11) is 0. The second-order valence-corrected chi connectivity index (χ2v) is 3.51. The first-order valence-corrected chi connectivity index (χ1v) is 5.35. The van der Waals surface area contributed by atoms with Crippen LogP contribution in [0, 0.1) is 0 Å². The number of benzene rings is 1. The molecular formula is C12H13N3O2. The highest BCUT2D eigenvalue weighted by Crippen LogP contribution is 2.10. The van der Waals surface area contributed by atoms with Gasteiger partial charge in [0.05, 0.1) is 0 Å². The van der Waals surface area contributed by atoms with Crippen LogP contribution in [-0.4, -0.2) is 11.2 Å². The minimum absolute atomic E-state index is 0.344. The van der Waals surface area contributed by atoms with Gasteiger partial charge in [0.1, 0.15) is 6.26 Å². The van der Waals surface area contributed by atoms with Gasteiger partial charge in [-0.2, -0.15) is 0 Å². The van der Waals surface area contributed by atoms with Crippen LogP contribution < -0.4 is 10.6 Å². The molecule has 5 nitrogen and oxygen atoms in total. The number of carbonyl (C=O) groups is 1. The predicted molar refractivity (Wildman–Crippen MR) is 65.0 cm³/mol. The molecular weight excluding hydrogens is 218 g/mol.